The van der Waals surface area contributed by atoms with Crippen molar-refractivity contribution < 1.29 is 18.4 Å². The van der Waals surface area contributed by atoms with Crippen molar-refractivity contribution in [3.63, 3.8) is 0 Å². The highest BCUT2D eigenvalue weighted by molar-refractivity contribution is 5.94. The van der Waals surface area contributed by atoms with Crippen LogP contribution in [0.15, 0.2) is 35.0 Å². The number of ether oxygens (including phenoxy) is 1. The van der Waals surface area contributed by atoms with Crippen LogP contribution in [0.5, 0.6) is 5.75 Å². The minimum Gasteiger partial charge on any atom is -0.489 e. The topological polar surface area (TPSA) is 82.2 Å². The van der Waals surface area contributed by atoms with Crippen LogP contribution in [0.3, 0.4) is 0 Å². The summed E-state index contributed by atoms with van der Waals surface area (Å²) in [4.78, 5) is 12.7. The Morgan fingerprint density at radius 2 is 2.04 bits per heavy atom. The molecule has 7 nitrogen and oxygen atoms in total. The Bertz CT molecular complexity index is 962. The summed E-state index contributed by atoms with van der Waals surface area (Å²) in [5.74, 6) is 0.286. The maximum Gasteiger partial charge on any atom is 0.274 e. The van der Waals surface area contributed by atoms with E-state index in [0.717, 1.165) is 17.8 Å². The van der Waals surface area contributed by atoms with Gasteiger partial charge in [-0.3, -0.25) is 9.48 Å². The third-order valence-electron chi connectivity index (χ3n) is 4.65. The molecule has 2 aromatic heterocycles. The lowest BCUT2D eigenvalue weighted by atomic mass is 10.1. The molecule has 0 bridgehead atoms. The monoisotopic (exact) mass is 386 g/mol. The van der Waals surface area contributed by atoms with Crippen LogP contribution in [0, 0.1) is 19.7 Å². The lowest BCUT2D eigenvalue weighted by Gasteiger charge is -2.14. The molecule has 1 N–H and O–H groups in total. The minimum absolute atomic E-state index is 0.0882. The normalized spacial score (nSPS) is 12.0. The number of amides is 1. The summed E-state index contributed by atoms with van der Waals surface area (Å²) < 4.78 is 25.7. The Balaban J connectivity index is 1.71. The van der Waals surface area contributed by atoms with Gasteiger partial charge in [0.1, 0.15) is 23.9 Å². The Kier molecular flexibility index (Phi) is 5.77. The molecule has 1 atom stereocenters. The van der Waals surface area contributed by atoms with Crippen LogP contribution in [0.1, 0.15) is 53.0 Å². The van der Waals surface area contributed by atoms with Crippen molar-refractivity contribution in [2.45, 2.75) is 46.9 Å². The van der Waals surface area contributed by atoms with E-state index in [2.05, 4.69) is 15.6 Å². The number of aryl methyl sites for hydroxylation is 2. The zero-order valence-electron chi connectivity index (χ0n) is 16.3. The van der Waals surface area contributed by atoms with Crippen LogP contribution in [-0.4, -0.2) is 20.8 Å². The second kappa shape index (κ2) is 8.24. The fourth-order valence-electron chi connectivity index (χ4n) is 2.97. The average molecular weight is 386 g/mol. The first-order chi connectivity index (χ1) is 13.4. The van der Waals surface area contributed by atoms with Crippen LogP contribution < -0.4 is 10.1 Å². The molecule has 148 valence electrons. The fraction of sp³-hybridized carbons (Fsp3) is 0.350. The molecule has 8 heteroatoms. The van der Waals surface area contributed by atoms with E-state index in [0.29, 0.717) is 17.1 Å². The molecule has 0 saturated heterocycles. The summed E-state index contributed by atoms with van der Waals surface area (Å²) in [6.45, 7) is 8.44. The number of hydrogen-bond donors (Lipinski definition) is 1. The highest BCUT2D eigenvalue weighted by Gasteiger charge is 2.23. The largest absolute Gasteiger partial charge is 0.489 e. The zero-order chi connectivity index (χ0) is 20.3. The van der Waals surface area contributed by atoms with Crippen LogP contribution in [-0.2, 0) is 13.2 Å². The van der Waals surface area contributed by atoms with Gasteiger partial charge in [0.25, 0.3) is 5.91 Å². The molecule has 0 fully saturated rings. The summed E-state index contributed by atoms with van der Waals surface area (Å²) >= 11 is 0. The molecular weight excluding hydrogens is 363 g/mol. The molecule has 0 radical (unpaired) electrons. The maximum absolute atomic E-state index is 13.0. The number of hydrogen-bond acceptors (Lipinski definition) is 5. The van der Waals surface area contributed by atoms with E-state index in [-0.39, 0.29) is 30.1 Å². The van der Waals surface area contributed by atoms with Crippen molar-refractivity contribution in [2.75, 3.05) is 0 Å². The van der Waals surface area contributed by atoms with Crippen LogP contribution in [0.4, 0.5) is 4.39 Å². The molecule has 0 aliphatic rings. The van der Waals surface area contributed by atoms with Crippen molar-refractivity contribution in [3.8, 4) is 5.75 Å². The van der Waals surface area contributed by atoms with Gasteiger partial charge < -0.3 is 14.6 Å². The number of nitrogens with zero attached hydrogens (tertiary/aromatic N) is 3. The van der Waals surface area contributed by atoms with Crippen molar-refractivity contribution in [1.29, 1.82) is 0 Å². The summed E-state index contributed by atoms with van der Waals surface area (Å²) in [5, 5.41) is 11.1. The molecule has 1 unspecified atom stereocenters. The van der Waals surface area contributed by atoms with Gasteiger partial charge in [-0.15, -0.1) is 0 Å². The van der Waals surface area contributed by atoms with Crippen molar-refractivity contribution in [1.82, 2.24) is 20.3 Å². The third-order valence-corrected chi connectivity index (χ3v) is 4.65. The van der Waals surface area contributed by atoms with Gasteiger partial charge >= 0.3 is 0 Å². The Morgan fingerprint density at radius 1 is 1.32 bits per heavy atom. The van der Waals surface area contributed by atoms with E-state index in [1.54, 1.807) is 13.1 Å². The van der Waals surface area contributed by atoms with E-state index in [1.807, 2.05) is 25.5 Å². The molecule has 28 heavy (non-hydrogen) atoms. The third kappa shape index (κ3) is 4.05. The molecule has 0 aliphatic carbocycles. The predicted molar refractivity (Wildman–Crippen MR) is 100 cm³/mol. The molecular formula is C20H23FN4O3. The number of aromatic nitrogens is 3. The molecule has 1 amide bonds. The first-order valence-electron chi connectivity index (χ1n) is 9.07. The summed E-state index contributed by atoms with van der Waals surface area (Å²) in [6.07, 6.45) is 1.76. The van der Waals surface area contributed by atoms with Gasteiger partial charge in [-0.1, -0.05) is 5.16 Å². The van der Waals surface area contributed by atoms with E-state index >= 15 is 0 Å². The minimum atomic E-state index is -0.356. The Labute approximate surface area is 162 Å². The molecule has 3 rings (SSSR count). The SMILES string of the molecule is CCn1ncc(C(C)NC(=O)c2noc(C)c2COc2ccc(F)cc2)c1C. The van der Waals surface area contributed by atoms with Gasteiger partial charge in [0.05, 0.1) is 17.8 Å². The lowest BCUT2D eigenvalue weighted by Crippen LogP contribution is -2.28. The van der Waals surface area contributed by atoms with Gasteiger partial charge in [0.15, 0.2) is 5.69 Å². The van der Waals surface area contributed by atoms with E-state index in [9.17, 15) is 9.18 Å². The predicted octanol–water partition coefficient (Wildman–Crippen LogP) is 3.72. The quantitative estimate of drug-likeness (QED) is 0.669. The van der Waals surface area contributed by atoms with E-state index in [1.165, 1.54) is 24.3 Å². The number of rotatable bonds is 7. The molecule has 2 heterocycles. The van der Waals surface area contributed by atoms with Gasteiger partial charge in [0.2, 0.25) is 0 Å². The van der Waals surface area contributed by atoms with Crippen LogP contribution in [0.2, 0.25) is 0 Å². The van der Waals surface area contributed by atoms with Gasteiger partial charge in [-0.2, -0.15) is 5.10 Å². The average Bonchev–Trinajstić information content (AvgIpc) is 3.23. The number of halogens is 1. The molecule has 1 aromatic carbocycles. The first-order valence-corrected chi connectivity index (χ1v) is 9.07. The van der Waals surface area contributed by atoms with Crippen molar-refractivity contribution >= 4 is 5.91 Å². The Morgan fingerprint density at radius 3 is 2.68 bits per heavy atom. The number of carbonyl (C=O) groups is 1. The van der Waals surface area contributed by atoms with E-state index < -0.39 is 0 Å². The van der Waals surface area contributed by atoms with Crippen LogP contribution in [0.25, 0.3) is 0 Å². The highest BCUT2D eigenvalue weighted by Crippen LogP contribution is 2.21. The molecule has 0 spiro atoms. The van der Waals surface area contributed by atoms with Crippen molar-refractivity contribution in [3.05, 3.63) is 64.6 Å². The fourth-order valence-corrected chi connectivity index (χ4v) is 2.97. The van der Waals surface area contributed by atoms with E-state index in [4.69, 9.17) is 9.26 Å². The molecule has 0 aliphatic heterocycles. The summed E-state index contributed by atoms with van der Waals surface area (Å²) in [7, 11) is 0. The van der Waals surface area contributed by atoms with Gasteiger partial charge in [0, 0.05) is 17.8 Å². The summed E-state index contributed by atoms with van der Waals surface area (Å²) in [6, 6.07) is 5.42. The lowest BCUT2D eigenvalue weighted by molar-refractivity contribution is 0.0928. The number of nitrogens with one attached hydrogen (secondary N) is 1. The zero-order valence-corrected chi connectivity index (χ0v) is 16.3. The standard InChI is InChI=1S/C20H23FN4O3/c1-5-25-13(3)17(10-22-25)12(2)23-20(26)19-18(14(4)28-24-19)11-27-16-8-6-15(21)7-9-16/h6-10,12H,5,11H2,1-4H3,(H,23,26). The van der Waals surface area contributed by atoms with Crippen LogP contribution >= 0.6 is 0 Å². The Hall–Kier alpha value is -3.16. The second-order valence-corrected chi connectivity index (χ2v) is 6.50. The number of carbonyl (C=O) groups excluding carboxylic acids is 1. The van der Waals surface area contributed by atoms with Gasteiger partial charge in [-0.25, -0.2) is 4.39 Å². The van der Waals surface area contributed by atoms with Gasteiger partial charge in [-0.05, 0) is 52.0 Å². The maximum atomic E-state index is 13.0. The molecule has 3 aromatic rings. The second-order valence-electron chi connectivity index (χ2n) is 6.50. The molecule has 0 saturated carbocycles. The number of benzene rings is 1. The first kappa shape index (κ1) is 19.6. The highest BCUT2D eigenvalue weighted by atomic mass is 19.1. The van der Waals surface area contributed by atoms with Crippen molar-refractivity contribution in [2.24, 2.45) is 0 Å². The smallest absolute Gasteiger partial charge is 0.274 e. The summed E-state index contributed by atoms with van der Waals surface area (Å²) in [5.41, 5.74) is 2.67.